The Kier molecular flexibility index (Phi) is 5.54. The Morgan fingerprint density at radius 3 is 2.54 bits per heavy atom. The molecule has 0 aliphatic carbocycles. The van der Waals surface area contributed by atoms with E-state index in [1.165, 1.54) is 16.0 Å². The third kappa shape index (κ3) is 4.56. The first-order chi connectivity index (χ1) is 13.1. The van der Waals surface area contributed by atoms with Crippen molar-refractivity contribution >= 4 is 17.7 Å². The Bertz CT molecular complexity index is 967. The fraction of sp³-hybridized carbons (Fsp3) is 0.435. The van der Waals surface area contributed by atoms with Crippen LogP contribution in [0.15, 0.2) is 29.2 Å². The summed E-state index contributed by atoms with van der Waals surface area (Å²) in [6.45, 7) is 11.4. The van der Waals surface area contributed by atoms with Crippen molar-refractivity contribution in [1.82, 2.24) is 10.2 Å². The Labute approximate surface area is 171 Å². The highest BCUT2D eigenvalue weighted by Crippen LogP contribution is 2.51. The molecule has 0 radical (unpaired) electrons. The SMILES string of the molecule is CCc1cc2c(cc1C#Cc1ccc(CC(=O)[O-])nn1)C(C)(C)CC(C)(C)S2. The van der Waals surface area contributed by atoms with Crippen molar-refractivity contribution in [3.05, 3.63) is 52.3 Å². The van der Waals surface area contributed by atoms with Crippen molar-refractivity contribution in [3.8, 4) is 11.8 Å². The summed E-state index contributed by atoms with van der Waals surface area (Å²) in [4.78, 5) is 12.0. The molecule has 0 N–H and O–H groups in total. The predicted octanol–water partition coefficient (Wildman–Crippen LogP) is 3.28. The molecule has 4 nitrogen and oxygen atoms in total. The Morgan fingerprint density at radius 1 is 1.18 bits per heavy atom. The van der Waals surface area contributed by atoms with Crippen LogP contribution >= 0.6 is 11.8 Å². The van der Waals surface area contributed by atoms with Crippen LogP contribution in [0.1, 0.15) is 69.1 Å². The van der Waals surface area contributed by atoms with E-state index in [2.05, 4.69) is 68.8 Å². The number of fused-ring (bicyclic) bond motifs is 1. The molecule has 0 amide bonds. The van der Waals surface area contributed by atoms with E-state index >= 15 is 0 Å². The van der Waals surface area contributed by atoms with Gasteiger partial charge in [-0.05, 0) is 59.6 Å². The molecule has 1 aromatic heterocycles. The number of benzene rings is 1. The zero-order valence-electron chi connectivity index (χ0n) is 17.0. The number of hydrogen-bond acceptors (Lipinski definition) is 5. The van der Waals surface area contributed by atoms with Gasteiger partial charge in [-0.3, -0.25) is 0 Å². The minimum atomic E-state index is -1.17. The van der Waals surface area contributed by atoms with Crippen LogP contribution in [0.3, 0.4) is 0 Å². The first-order valence-corrected chi connectivity index (χ1v) is 10.3. The molecule has 0 fully saturated rings. The predicted molar refractivity (Wildman–Crippen MR) is 110 cm³/mol. The summed E-state index contributed by atoms with van der Waals surface area (Å²) in [6, 6.07) is 7.86. The van der Waals surface area contributed by atoms with Gasteiger partial charge in [-0.1, -0.05) is 40.5 Å². The van der Waals surface area contributed by atoms with E-state index in [9.17, 15) is 9.90 Å². The van der Waals surface area contributed by atoms with E-state index in [4.69, 9.17) is 0 Å². The fourth-order valence-corrected chi connectivity index (χ4v) is 5.61. The molecule has 2 aromatic rings. The first-order valence-electron chi connectivity index (χ1n) is 9.50. The van der Waals surface area contributed by atoms with E-state index in [0.717, 1.165) is 18.4 Å². The van der Waals surface area contributed by atoms with Crippen LogP contribution in [0.2, 0.25) is 0 Å². The van der Waals surface area contributed by atoms with Gasteiger partial charge in [0.2, 0.25) is 0 Å². The standard InChI is InChI=1S/C23H26N2O2S/c1-6-15-12-20-19(22(2,3)14-23(4,5)28-20)11-16(15)7-8-17-9-10-18(25-24-17)13-21(26)27/h9-12H,6,13-14H2,1-5H3,(H,26,27)/p-1. The molecule has 0 unspecified atom stereocenters. The quantitative estimate of drug-likeness (QED) is 0.749. The normalized spacial score (nSPS) is 16.6. The van der Waals surface area contributed by atoms with Gasteiger partial charge < -0.3 is 9.90 Å². The number of carboxylic acids is 1. The van der Waals surface area contributed by atoms with Gasteiger partial charge in [-0.2, -0.15) is 5.10 Å². The maximum Gasteiger partial charge on any atom is 0.136 e. The smallest absolute Gasteiger partial charge is 0.136 e. The lowest BCUT2D eigenvalue weighted by atomic mass is 9.76. The first kappa shape index (κ1) is 20.4. The molecule has 0 bridgehead atoms. The lowest BCUT2D eigenvalue weighted by Gasteiger charge is -2.42. The van der Waals surface area contributed by atoms with Crippen LogP contribution in [0.4, 0.5) is 0 Å². The summed E-state index contributed by atoms with van der Waals surface area (Å²) >= 11 is 1.95. The molecule has 0 spiro atoms. The van der Waals surface area contributed by atoms with Gasteiger partial charge in [0.15, 0.2) is 0 Å². The average Bonchev–Trinajstić information content (AvgIpc) is 2.58. The number of carboxylic acid groups (broad SMARTS) is 1. The van der Waals surface area contributed by atoms with E-state index in [-0.39, 0.29) is 16.6 Å². The molecule has 2 heterocycles. The lowest BCUT2D eigenvalue weighted by Crippen LogP contribution is -2.33. The zero-order chi connectivity index (χ0) is 20.5. The maximum atomic E-state index is 10.6. The van der Waals surface area contributed by atoms with Crippen molar-refractivity contribution in [2.75, 3.05) is 0 Å². The number of carbonyl (C=O) groups excluding carboxylic acids is 1. The van der Waals surface area contributed by atoms with Crippen LogP contribution in [-0.4, -0.2) is 20.9 Å². The molecule has 146 valence electrons. The summed E-state index contributed by atoms with van der Waals surface area (Å²) in [7, 11) is 0. The molecular formula is C23H25N2O2S-. The highest BCUT2D eigenvalue weighted by atomic mass is 32.2. The summed E-state index contributed by atoms with van der Waals surface area (Å²) in [5.74, 6) is 5.16. The van der Waals surface area contributed by atoms with Gasteiger partial charge in [0.1, 0.15) is 5.69 Å². The van der Waals surface area contributed by atoms with Gasteiger partial charge in [-0.25, -0.2) is 0 Å². The topological polar surface area (TPSA) is 65.9 Å². The van der Waals surface area contributed by atoms with E-state index in [0.29, 0.717) is 11.4 Å². The van der Waals surface area contributed by atoms with E-state index < -0.39 is 5.97 Å². The summed E-state index contributed by atoms with van der Waals surface area (Å²) in [6.07, 6.45) is 1.78. The largest absolute Gasteiger partial charge is 0.550 e. The number of aromatic nitrogens is 2. The minimum Gasteiger partial charge on any atom is -0.550 e. The molecular weight excluding hydrogens is 368 g/mol. The number of rotatable bonds is 3. The lowest BCUT2D eigenvalue weighted by molar-refractivity contribution is -0.304. The molecule has 0 saturated heterocycles. The molecule has 28 heavy (non-hydrogen) atoms. The summed E-state index contributed by atoms with van der Waals surface area (Å²) in [5.41, 5.74) is 4.60. The molecule has 1 aliphatic rings. The van der Waals surface area contributed by atoms with Gasteiger partial charge in [0.25, 0.3) is 0 Å². The van der Waals surface area contributed by atoms with Crippen LogP contribution in [0.5, 0.6) is 0 Å². The molecule has 5 heteroatoms. The number of aliphatic carboxylic acids is 1. The second-order valence-corrected chi connectivity index (χ2v) is 10.2. The van der Waals surface area contributed by atoms with Gasteiger partial charge >= 0.3 is 0 Å². The highest BCUT2D eigenvalue weighted by Gasteiger charge is 2.38. The van der Waals surface area contributed by atoms with Crippen molar-refractivity contribution < 1.29 is 9.90 Å². The minimum absolute atomic E-state index is 0.0963. The van der Waals surface area contributed by atoms with Crippen molar-refractivity contribution in [2.45, 2.75) is 68.9 Å². The summed E-state index contributed by atoms with van der Waals surface area (Å²) < 4.78 is 0.220. The van der Waals surface area contributed by atoms with Gasteiger partial charge in [-0.15, -0.1) is 16.9 Å². The second-order valence-electron chi connectivity index (χ2n) is 8.49. The van der Waals surface area contributed by atoms with Crippen molar-refractivity contribution in [1.29, 1.82) is 0 Å². The van der Waals surface area contributed by atoms with Crippen LogP contribution < -0.4 is 5.11 Å². The van der Waals surface area contributed by atoms with Crippen LogP contribution in [-0.2, 0) is 23.1 Å². The zero-order valence-corrected chi connectivity index (χ0v) is 17.9. The molecule has 0 saturated carbocycles. The monoisotopic (exact) mass is 393 g/mol. The highest BCUT2D eigenvalue weighted by molar-refractivity contribution is 8.00. The molecule has 1 aromatic carbocycles. The number of carbonyl (C=O) groups is 1. The van der Waals surface area contributed by atoms with Crippen molar-refractivity contribution in [2.24, 2.45) is 0 Å². The Morgan fingerprint density at radius 2 is 1.93 bits per heavy atom. The van der Waals surface area contributed by atoms with Crippen molar-refractivity contribution in [3.63, 3.8) is 0 Å². The fourth-order valence-electron chi connectivity index (χ4n) is 3.94. The summed E-state index contributed by atoms with van der Waals surface area (Å²) in [5, 5.41) is 18.6. The number of aryl methyl sites for hydroxylation is 1. The Balaban J connectivity index is 1.96. The van der Waals surface area contributed by atoms with Gasteiger partial charge in [0.05, 0.1) is 5.69 Å². The maximum absolute atomic E-state index is 10.6. The number of hydrogen-bond donors (Lipinski definition) is 0. The number of nitrogens with zero attached hydrogens (tertiary/aromatic N) is 2. The molecule has 0 atom stereocenters. The number of thioether (sulfide) groups is 1. The second kappa shape index (κ2) is 7.60. The van der Waals surface area contributed by atoms with E-state index in [1.54, 1.807) is 12.1 Å². The van der Waals surface area contributed by atoms with Gasteiger partial charge in [0, 0.05) is 27.6 Å². The average molecular weight is 394 g/mol. The molecule has 1 aliphatic heterocycles. The third-order valence-electron chi connectivity index (χ3n) is 4.94. The van der Waals surface area contributed by atoms with Crippen LogP contribution in [0, 0.1) is 11.8 Å². The third-order valence-corrected chi connectivity index (χ3v) is 6.19. The Hall–Kier alpha value is -2.32. The van der Waals surface area contributed by atoms with E-state index in [1.807, 2.05) is 11.8 Å². The molecule has 3 rings (SSSR count). The van der Waals surface area contributed by atoms with Crippen LogP contribution in [0.25, 0.3) is 0 Å².